The van der Waals surface area contributed by atoms with Gasteiger partial charge in [0.1, 0.15) is 0 Å². The number of hydrogen-bond donors (Lipinski definition) is 0. The number of benzene rings is 2. The predicted octanol–water partition coefficient (Wildman–Crippen LogP) is 3.59. The van der Waals surface area contributed by atoms with E-state index in [-0.39, 0.29) is 23.4 Å². The van der Waals surface area contributed by atoms with E-state index in [1.807, 2.05) is 12.1 Å². The lowest BCUT2D eigenvalue weighted by Crippen LogP contribution is -2.35. The van der Waals surface area contributed by atoms with Crippen molar-refractivity contribution in [1.29, 1.82) is 0 Å². The molecule has 2 aromatic carbocycles. The molecule has 0 saturated heterocycles. The van der Waals surface area contributed by atoms with Crippen molar-refractivity contribution in [2.75, 3.05) is 0 Å². The number of allylic oxidation sites excluding steroid dienone is 4. The van der Waals surface area contributed by atoms with Crippen LogP contribution in [-0.2, 0) is 9.59 Å². The molecule has 6 rings (SSSR count). The highest BCUT2D eigenvalue weighted by atomic mass is 16.1. The van der Waals surface area contributed by atoms with Crippen LogP contribution in [0.15, 0.2) is 65.8 Å². The first-order valence-corrected chi connectivity index (χ1v) is 7.87. The average molecular weight is 298 g/mol. The minimum Gasteiger partial charge on any atom is -0.290 e. The summed E-state index contributed by atoms with van der Waals surface area (Å²) in [5.41, 5.74) is 7.27. The summed E-state index contributed by atoms with van der Waals surface area (Å²) >= 11 is 0. The van der Waals surface area contributed by atoms with E-state index in [0.717, 1.165) is 0 Å². The largest absolute Gasteiger partial charge is 0.290 e. The second-order valence-electron chi connectivity index (χ2n) is 6.52. The van der Waals surface area contributed by atoms with Crippen LogP contribution in [0, 0.1) is 6.92 Å². The van der Waals surface area contributed by atoms with Gasteiger partial charge in [0.2, 0.25) is 0 Å². The minimum atomic E-state index is -0.109. The lowest BCUT2D eigenvalue weighted by Gasteiger charge is -2.43. The van der Waals surface area contributed by atoms with Crippen LogP contribution in [0.5, 0.6) is 0 Å². The molecule has 0 fully saturated rings. The molecule has 0 aromatic heterocycles. The second-order valence-corrected chi connectivity index (χ2v) is 6.52. The van der Waals surface area contributed by atoms with Gasteiger partial charge in [-0.3, -0.25) is 9.59 Å². The number of carbonyl (C=O) groups is 2. The van der Waals surface area contributed by atoms with Crippen LogP contribution in [0.3, 0.4) is 0 Å². The SMILES string of the molecule is Cc1ccc2c(c1)C1C3=C(C(=O)C=CC3=O)C2c2ccccc21. The monoisotopic (exact) mass is 298 g/mol. The van der Waals surface area contributed by atoms with E-state index >= 15 is 0 Å². The highest BCUT2D eigenvalue weighted by Gasteiger charge is 2.47. The summed E-state index contributed by atoms with van der Waals surface area (Å²) in [7, 11) is 0. The summed E-state index contributed by atoms with van der Waals surface area (Å²) in [5.74, 6) is -0.253. The molecule has 0 aliphatic heterocycles. The normalized spacial score (nSPS) is 23.7. The van der Waals surface area contributed by atoms with Crippen LogP contribution < -0.4 is 0 Å². The number of carbonyl (C=O) groups excluding carboxylic acids is 2. The van der Waals surface area contributed by atoms with Gasteiger partial charge in [-0.1, -0.05) is 48.0 Å². The van der Waals surface area contributed by atoms with Gasteiger partial charge in [0, 0.05) is 23.0 Å². The first-order chi connectivity index (χ1) is 11.2. The molecule has 2 atom stereocenters. The summed E-state index contributed by atoms with van der Waals surface area (Å²) in [5, 5.41) is 0. The molecule has 0 amide bonds. The number of rotatable bonds is 0. The minimum absolute atomic E-state index is 0.0174. The van der Waals surface area contributed by atoms with Crippen LogP contribution in [0.1, 0.15) is 39.7 Å². The topological polar surface area (TPSA) is 34.1 Å². The molecule has 2 bridgehead atoms. The van der Waals surface area contributed by atoms with Crippen LogP contribution in [-0.4, -0.2) is 11.6 Å². The maximum absolute atomic E-state index is 12.6. The number of aryl methyl sites for hydroxylation is 1. The molecular weight excluding hydrogens is 284 g/mol. The highest BCUT2D eigenvalue weighted by Crippen LogP contribution is 2.56. The maximum atomic E-state index is 12.6. The van der Waals surface area contributed by atoms with Crippen molar-refractivity contribution in [3.05, 3.63) is 93.6 Å². The summed E-state index contributed by atoms with van der Waals surface area (Å²) in [6, 6.07) is 14.6. The zero-order valence-electron chi connectivity index (χ0n) is 12.7. The smallest absolute Gasteiger partial charge is 0.183 e. The average Bonchev–Trinajstić information content (AvgIpc) is 2.57. The summed E-state index contributed by atoms with van der Waals surface area (Å²) in [6.07, 6.45) is 2.86. The fourth-order valence-corrected chi connectivity index (χ4v) is 4.39. The first-order valence-electron chi connectivity index (χ1n) is 7.87. The van der Waals surface area contributed by atoms with E-state index in [1.54, 1.807) is 0 Å². The Bertz CT molecular complexity index is 975. The first kappa shape index (κ1) is 12.8. The van der Waals surface area contributed by atoms with Crippen molar-refractivity contribution in [3.8, 4) is 0 Å². The van der Waals surface area contributed by atoms with E-state index in [0.29, 0.717) is 11.1 Å². The van der Waals surface area contributed by atoms with Crippen molar-refractivity contribution >= 4 is 11.6 Å². The molecule has 23 heavy (non-hydrogen) atoms. The number of hydrogen-bond acceptors (Lipinski definition) is 2. The van der Waals surface area contributed by atoms with Crippen LogP contribution in [0.25, 0.3) is 0 Å². The fraction of sp³-hybridized carbons (Fsp3) is 0.143. The molecule has 2 unspecified atom stereocenters. The Morgan fingerprint density at radius 3 is 1.83 bits per heavy atom. The standard InChI is InChI=1S/C21H14O2/c1-11-6-7-14-15(10-11)19-13-5-3-2-4-12(13)18(14)20-16(22)8-9-17(23)21(19)20/h2-10,18-19H,1H3. The Hall–Kier alpha value is -2.74. The van der Waals surface area contributed by atoms with E-state index in [1.165, 1.54) is 40.0 Å². The zero-order chi connectivity index (χ0) is 15.7. The molecule has 2 nitrogen and oxygen atoms in total. The van der Waals surface area contributed by atoms with Gasteiger partial charge in [-0.15, -0.1) is 0 Å². The Balaban J connectivity index is 1.91. The molecule has 2 heteroatoms. The summed E-state index contributed by atoms with van der Waals surface area (Å²) in [6.45, 7) is 2.07. The van der Waals surface area contributed by atoms with Crippen molar-refractivity contribution in [2.24, 2.45) is 0 Å². The molecule has 2 aromatic rings. The van der Waals surface area contributed by atoms with Crippen LogP contribution >= 0.6 is 0 Å². The van der Waals surface area contributed by atoms with Gasteiger partial charge in [-0.05, 0) is 41.3 Å². The Morgan fingerprint density at radius 1 is 0.696 bits per heavy atom. The van der Waals surface area contributed by atoms with E-state index in [9.17, 15) is 9.59 Å². The Labute approximate surface area is 134 Å². The van der Waals surface area contributed by atoms with Crippen molar-refractivity contribution in [1.82, 2.24) is 0 Å². The van der Waals surface area contributed by atoms with Gasteiger partial charge in [-0.2, -0.15) is 0 Å². The second kappa shape index (κ2) is 4.17. The third-order valence-corrected chi connectivity index (χ3v) is 5.27. The molecule has 110 valence electrons. The molecule has 0 spiro atoms. The molecule has 0 N–H and O–H groups in total. The van der Waals surface area contributed by atoms with E-state index < -0.39 is 0 Å². The van der Waals surface area contributed by atoms with Gasteiger partial charge in [0.25, 0.3) is 0 Å². The quantitative estimate of drug-likeness (QED) is 0.697. The lowest BCUT2D eigenvalue weighted by atomic mass is 9.58. The van der Waals surface area contributed by atoms with Crippen LogP contribution in [0.2, 0.25) is 0 Å². The number of ketones is 2. The van der Waals surface area contributed by atoms with Crippen molar-refractivity contribution in [3.63, 3.8) is 0 Å². The van der Waals surface area contributed by atoms with Crippen molar-refractivity contribution in [2.45, 2.75) is 18.8 Å². The third-order valence-electron chi connectivity index (χ3n) is 5.27. The molecule has 4 aliphatic rings. The van der Waals surface area contributed by atoms with Crippen LogP contribution in [0.4, 0.5) is 0 Å². The Kier molecular flexibility index (Phi) is 2.31. The molecule has 0 radical (unpaired) electrons. The van der Waals surface area contributed by atoms with Gasteiger partial charge in [-0.25, -0.2) is 0 Å². The van der Waals surface area contributed by atoms with Crippen molar-refractivity contribution < 1.29 is 9.59 Å². The zero-order valence-corrected chi connectivity index (χ0v) is 12.7. The van der Waals surface area contributed by atoms with E-state index in [2.05, 4.69) is 37.3 Å². The third kappa shape index (κ3) is 1.48. The maximum Gasteiger partial charge on any atom is 0.183 e. The summed E-state index contributed by atoms with van der Waals surface area (Å²) < 4.78 is 0. The summed E-state index contributed by atoms with van der Waals surface area (Å²) in [4.78, 5) is 25.1. The molecule has 0 heterocycles. The molecule has 4 aliphatic carbocycles. The fourth-order valence-electron chi connectivity index (χ4n) is 4.39. The van der Waals surface area contributed by atoms with E-state index in [4.69, 9.17) is 0 Å². The lowest BCUT2D eigenvalue weighted by molar-refractivity contribution is -0.115. The Morgan fingerprint density at radius 2 is 1.22 bits per heavy atom. The van der Waals surface area contributed by atoms with Gasteiger partial charge >= 0.3 is 0 Å². The van der Waals surface area contributed by atoms with Gasteiger partial charge in [0.05, 0.1) is 0 Å². The molecule has 0 saturated carbocycles. The predicted molar refractivity (Wildman–Crippen MR) is 87.5 cm³/mol. The van der Waals surface area contributed by atoms with Gasteiger partial charge in [0.15, 0.2) is 11.6 Å². The van der Waals surface area contributed by atoms with Gasteiger partial charge < -0.3 is 0 Å². The molecular formula is C21H14O2. The highest BCUT2D eigenvalue weighted by molar-refractivity contribution is 6.23.